The van der Waals surface area contributed by atoms with E-state index in [1.807, 2.05) is 0 Å². The minimum atomic E-state index is -1.02. The number of carbonyl (C=O) groups excluding carboxylic acids is 1. The molecule has 86 valence electrons. The Balaban J connectivity index is 2.42. The lowest BCUT2D eigenvalue weighted by Crippen LogP contribution is -2.17. The van der Waals surface area contributed by atoms with E-state index in [1.54, 1.807) is 18.2 Å². The van der Waals surface area contributed by atoms with Gasteiger partial charge < -0.3 is 10.4 Å². The van der Waals surface area contributed by atoms with E-state index in [4.69, 9.17) is 17.3 Å². The Kier molecular flexibility index (Phi) is 3.26. The lowest BCUT2D eigenvalue weighted by atomic mass is 10.1. The standard InChI is InChI=1S/C11H7NO3S2/c13-9-8(17-11(16)12-9)5-6-3-1-2-4-7(6)10(14)15/h1-5H,(H,14,15)(H,12,13,16)/b8-5-. The van der Waals surface area contributed by atoms with Crippen LogP contribution < -0.4 is 5.32 Å². The van der Waals surface area contributed by atoms with Gasteiger partial charge in [-0.2, -0.15) is 0 Å². The monoisotopic (exact) mass is 265 g/mol. The molecule has 0 radical (unpaired) electrons. The largest absolute Gasteiger partial charge is 0.478 e. The number of hydrogen-bond donors (Lipinski definition) is 2. The van der Waals surface area contributed by atoms with Crippen LogP contribution in [0.4, 0.5) is 0 Å². The van der Waals surface area contributed by atoms with Crippen LogP contribution >= 0.6 is 24.0 Å². The fraction of sp³-hybridized carbons (Fsp3) is 0. The molecule has 0 unspecified atom stereocenters. The first-order valence-corrected chi connectivity index (χ1v) is 5.87. The number of carbonyl (C=O) groups is 2. The average molecular weight is 265 g/mol. The molecule has 0 atom stereocenters. The smallest absolute Gasteiger partial charge is 0.336 e. The van der Waals surface area contributed by atoms with Crippen LogP contribution in [0.25, 0.3) is 6.08 Å². The van der Waals surface area contributed by atoms with Crippen LogP contribution in [0.3, 0.4) is 0 Å². The molecule has 1 aromatic rings. The third kappa shape index (κ3) is 2.54. The summed E-state index contributed by atoms with van der Waals surface area (Å²) >= 11 is 5.98. The van der Waals surface area contributed by atoms with Crippen LogP contribution in [0.1, 0.15) is 15.9 Å². The molecule has 1 aliphatic rings. The van der Waals surface area contributed by atoms with Crippen molar-refractivity contribution in [2.24, 2.45) is 0 Å². The molecule has 0 aromatic heterocycles. The number of aromatic carboxylic acids is 1. The topological polar surface area (TPSA) is 66.4 Å². The van der Waals surface area contributed by atoms with Gasteiger partial charge in [0.2, 0.25) is 0 Å². The van der Waals surface area contributed by atoms with E-state index in [-0.39, 0.29) is 11.5 Å². The summed E-state index contributed by atoms with van der Waals surface area (Å²) in [6, 6.07) is 6.49. The van der Waals surface area contributed by atoms with Gasteiger partial charge in [0, 0.05) is 0 Å². The predicted molar refractivity (Wildman–Crippen MR) is 69.7 cm³/mol. The second-order valence-electron chi connectivity index (χ2n) is 3.24. The van der Waals surface area contributed by atoms with Gasteiger partial charge in [-0.3, -0.25) is 4.79 Å². The maximum atomic E-state index is 11.4. The van der Waals surface area contributed by atoms with Gasteiger partial charge in [0.15, 0.2) is 0 Å². The first-order chi connectivity index (χ1) is 8.08. The molecule has 0 spiro atoms. The molecule has 1 saturated heterocycles. The molecular formula is C11H7NO3S2. The average Bonchev–Trinajstić information content (AvgIpc) is 2.58. The third-order valence-electron chi connectivity index (χ3n) is 2.12. The molecule has 0 bridgehead atoms. The summed E-state index contributed by atoms with van der Waals surface area (Å²) in [4.78, 5) is 22.8. The summed E-state index contributed by atoms with van der Waals surface area (Å²) in [7, 11) is 0. The minimum Gasteiger partial charge on any atom is -0.478 e. The second kappa shape index (κ2) is 4.68. The number of hydrogen-bond acceptors (Lipinski definition) is 4. The number of carboxylic acid groups (broad SMARTS) is 1. The highest BCUT2D eigenvalue weighted by Crippen LogP contribution is 2.26. The van der Waals surface area contributed by atoms with Gasteiger partial charge in [0.05, 0.1) is 10.5 Å². The number of benzene rings is 1. The van der Waals surface area contributed by atoms with Crippen molar-refractivity contribution in [3.8, 4) is 0 Å². The van der Waals surface area contributed by atoms with Crippen LogP contribution in [0.2, 0.25) is 0 Å². The summed E-state index contributed by atoms with van der Waals surface area (Å²) in [5.74, 6) is -1.32. The van der Waals surface area contributed by atoms with Crippen LogP contribution in [0, 0.1) is 0 Å². The van der Waals surface area contributed by atoms with Gasteiger partial charge in [0.25, 0.3) is 5.91 Å². The normalized spacial score (nSPS) is 17.3. The van der Waals surface area contributed by atoms with Gasteiger partial charge in [0.1, 0.15) is 4.32 Å². The third-order valence-corrected chi connectivity index (χ3v) is 3.28. The van der Waals surface area contributed by atoms with E-state index in [0.29, 0.717) is 14.8 Å². The van der Waals surface area contributed by atoms with Crippen LogP contribution in [0.5, 0.6) is 0 Å². The van der Waals surface area contributed by atoms with Gasteiger partial charge >= 0.3 is 5.97 Å². The van der Waals surface area contributed by atoms with Gasteiger partial charge in [-0.15, -0.1) is 0 Å². The first-order valence-electron chi connectivity index (χ1n) is 4.65. The molecule has 0 saturated carbocycles. The quantitative estimate of drug-likeness (QED) is 0.631. The summed E-state index contributed by atoms with van der Waals surface area (Å²) in [6.07, 6.45) is 1.53. The molecule has 2 N–H and O–H groups in total. The number of carboxylic acids is 1. The van der Waals surface area contributed by atoms with Crippen molar-refractivity contribution in [2.75, 3.05) is 0 Å². The van der Waals surface area contributed by atoms with Crippen molar-refractivity contribution in [1.29, 1.82) is 0 Å². The number of thiocarbonyl (C=S) groups is 1. The maximum absolute atomic E-state index is 11.4. The Hall–Kier alpha value is -1.66. The molecule has 6 heteroatoms. The fourth-order valence-electron chi connectivity index (χ4n) is 1.38. The molecule has 1 fully saturated rings. The summed E-state index contributed by atoms with van der Waals surface area (Å²) in [5, 5.41) is 11.5. The zero-order valence-corrected chi connectivity index (χ0v) is 10.1. The molecular weight excluding hydrogens is 258 g/mol. The Morgan fingerprint density at radius 1 is 1.41 bits per heavy atom. The van der Waals surface area contributed by atoms with Gasteiger partial charge in [-0.1, -0.05) is 42.2 Å². The molecule has 1 aliphatic heterocycles. The molecule has 17 heavy (non-hydrogen) atoms. The van der Waals surface area contributed by atoms with Gasteiger partial charge in [-0.25, -0.2) is 4.79 Å². The highest BCUT2D eigenvalue weighted by molar-refractivity contribution is 8.26. The lowest BCUT2D eigenvalue weighted by Gasteiger charge is -2.00. The first kappa shape index (κ1) is 11.8. The highest BCUT2D eigenvalue weighted by atomic mass is 32.2. The highest BCUT2D eigenvalue weighted by Gasteiger charge is 2.22. The van der Waals surface area contributed by atoms with Crippen LogP contribution in [0.15, 0.2) is 29.2 Å². The van der Waals surface area contributed by atoms with Gasteiger partial charge in [-0.05, 0) is 17.7 Å². The molecule has 1 aromatic carbocycles. The maximum Gasteiger partial charge on any atom is 0.336 e. The van der Waals surface area contributed by atoms with Crippen molar-refractivity contribution in [3.05, 3.63) is 40.3 Å². The Morgan fingerprint density at radius 3 is 2.71 bits per heavy atom. The van der Waals surface area contributed by atoms with Crippen LogP contribution in [-0.4, -0.2) is 21.3 Å². The second-order valence-corrected chi connectivity index (χ2v) is 4.96. The Labute approximate surface area is 107 Å². The molecule has 4 nitrogen and oxygen atoms in total. The summed E-state index contributed by atoms with van der Waals surface area (Å²) < 4.78 is 0.383. The number of nitrogens with one attached hydrogen (secondary N) is 1. The zero-order chi connectivity index (χ0) is 12.4. The number of rotatable bonds is 2. The van der Waals surface area contributed by atoms with E-state index in [0.717, 1.165) is 11.8 Å². The minimum absolute atomic E-state index is 0.159. The van der Waals surface area contributed by atoms with Crippen molar-refractivity contribution < 1.29 is 14.7 Å². The lowest BCUT2D eigenvalue weighted by molar-refractivity contribution is -0.115. The summed E-state index contributed by atoms with van der Waals surface area (Å²) in [6.45, 7) is 0. The van der Waals surface area contributed by atoms with Crippen molar-refractivity contribution in [3.63, 3.8) is 0 Å². The zero-order valence-electron chi connectivity index (χ0n) is 8.47. The summed E-state index contributed by atoms with van der Waals surface area (Å²) in [5.41, 5.74) is 0.647. The Bertz CT molecular complexity index is 551. The van der Waals surface area contributed by atoms with Crippen molar-refractivity contribution in [1.82, 2.24) is 5.32 Å². The molecule has 1 amide bonds. The molecule has 0 aliphatic carbocycles. The van der Waals surface area contributed by atoms with Crippen LogP contribution in [-0.2, 0) is 4.79 Å². The van der Waals surface area contributed by atoms with Crippen molar-refractivity contribution in [2.45, 2.75) is 0 Å². The van der Waals surface area contributed by atoms with E-state index >= 15 is 0 Å². The Morgan fingerprint density at radius 2 is 2.12 bits per heavy atom. The predicted octanol–water partition coefficient (Wildman–Crippen LogP) is 1.87. The van der Waals surface area contributed by atoms with E-state index in [9.17, 15) is 9.59 Å². The van der Waals surface area contributed by atoms with E-state index in [2.05, 4.69) is 5.32 Å². The molecule has 2 rings (SSSR count). The number of amides is 1. The molecule has 1 heterocycles. The van der Waals surface area contributed by atoms with E-state index in [1.165, 1.54) is 12.1 Å². The SMILES string of the molecule is O=C1NC(=S)S/C1=C\c1ccccc1C(=O)O. The van der Waals surface area contributed by atoms with Crippen molar-refractivity contribution >= 4 is 46.3 Å². The number of thioether (sulfide) groups is 1. The fourth-order valence-corrected chi connectivity index (χ4v) is 2.42. The van der Waals surface area contributed by atoms with E-state index < -0.39 is 5.97 Å².